The molecule has 0 spiro atoms. The minimum atomic E-state index is -3.19. The molecule has 1 aromatic rings. The molecule has 0 bridgehead atoms. The molecule has 0 atom stereocenters. The van der Waals surface area contributed by atoms with Gasteiger partial charge in [-0.1, -0.05) is 0 Å². The van der Waals surface area contributed by atoms with E-state index in [1.165, 1.54) is 11.4 Å². The van der Waals surface area contributed by atoms with E-state index in [1.807, 2.05) is 0 Å². The summed E-state index contributed by atoms with van der Waals surface area (Å²) in [5.41, 5.74) is 6.74. The lowest BCUT2D eigenvalue weighted by atomic mass is 10.2. The van der Waals surface area contributed by atoms with E-state index in [9.17, 15) is 8.42 Å². The molecule has 1 heterocycles. The number of rotatable bonds is 2. The Morgan fingerprint density at radius 1 is 1.44 bits per heavy atom. The highest BCUT2D eigenvalue weighted by Gasteiger charge is 2.29. The first-order valence-corrected chi connectivity index (χ1v) is 6.59. The van der Waals surface area contributed by atoms with Crippen LogP contribution in [-0.2, 0) is 10.0 Å². The predicted molar refractivity (Wildman–Crippen MR) is 63.2 cm³/mol. The van der Waals surface area contributed by atoms with Crippen molar-refractivity contribution in [3.05, 3.63) is 18.2 Å². The van der Waals surface area contributed by atoms with E-state index in [-0.39, 0.29) is 5.75 Å². The molecule has 1 aliphatic heterocycles. The molecule has 1 saturated heterocycles. The Hall–Kier alpha value is -1.43. The fourth-order valence-corrected chi connectivity index (χ4v) is 3.36. The predicted octanol–water partition coefficient (Wildman–Crippen LogP) is 0.817. The summed E-state index contributed by atoms with van der Waals surface area (Å²) in [7, 11) is -1.65. The fraction of sp³-hybridized carbons (Fsp3) is 0.400. The molecule has 88 valence electrons. The van der Waals surface area contributed by atoms with Gasteiger partial charge in [0.15, 0.2) is 0 Å². The molecule has 2 N–H and O–H groups in total. The van der Waals surface area contributed by atoms with Gasteiger partial charge in [-0.3, -0.25) is 4.31 Å². The van der Waals surface area contributed by atoms with E-state index in [4.69, 9.17) is 10.5 Å². The van der Waals surface area contributed by atoms with Crippen molar-refractivity contribution in [3.63, 3.8) is 0 Å². The molecular weight excluding hydrogens is 228 g/mol. The zero-order chi connectivity index (χ0) is 11.8. The number of sulfonamides is 1. The molecule has 1 aromatic carbocycles. The molecular formula is C10H14N2O3S. The summed E-state index contributed by atoms with van der Waals surface area (Å²) >= 11 is 0. The SMILES string of the molecule is COc1ccc(N)c(N2CCCS2(=O)=O)c1. The third-order valence-electron chi connectivity index (χ3n) is 2.61. The van der Waals surface area contributed by atoms with Crippen molar-refractivity contribution in [1.29, 1.82) is 0 Å². The third-order valence-corrected chi connectivity index (χ3v) is 4.46. The minimum Gasteiger partial charge on any atom is -0.497 e. The van der Waals surface area contributed by atoms with E-state index in [1.54, 1.807) is 18.2 Å². The smallest absolute Gasteiger partial charge is 0.235 e. The monoisotopic (exact) mass is 242 g/mol. The molecule has 0 saturated carbocycles. The Kier molecular flexibility index (Phi) is 2.67. The van der Waals surface area contributed by atoms with Crippen LogP contribution in [0.4, 0.5) is 11.4 Å². The maximum atomic E-state index is 11.7. The van der Waals surface area contributed by atoms with Gasteiger partial charge >= 0.3 is 0 Å². The van der Waals surface area contributed by atoms with E-state index in [2.05, 4.69) is 0 Å². The number of nitrogen functional groups attached to an aromatic ring is 1. The molecule has 0 radical (unpaired) electrons. The van der Waals surface area contributed by atoms with Crippen molar-refractivity contribution < 1.29 is 13.2 Å². The van der Waals surface area contributed by atoms with Gasteiger partial charge in [0.25, 0.3) is 0 Å². The van der Waals surface area contributed by atoms with Crippen LogP contribution in [0.5, 0.6) is 5.75 Å². The van der Waals surface area contributed by atoms with Crippen molar-refractivity contribution in [1.82, 2.24) is 0 Å². The van der Waals surface area contributed by atoms with Crippen LogP contribution in [0.2, 0.25) is 0 Å². The van der Waals surface area contributed by atoms with Crippen LogP contribution in [0.3, 0.4) is 0 Å². The van der Waals surface area contributed by atoms with Crippen LogP contribution in [-0.4, -0.2) is 27.8 Å². The van der Waals surface area contributed by atoms with Crippen LogP contribution >= 0.6 is 0 Å². The lowest BCUT2D eigenvalue weighted by Crippen LogP contribution is -2.25. The molecule has 0 unspecified atom stereocenters. The van der Waals surface area contributed by atoms with Crippen LogP contribution in [0, 0.1) is 0 Å². The second kappa shape index (κ2) is 3.86. The van der Waals surface area contributed by atoms with Gasteiger partial charge in [-0.25, -0.2) is 8.42 Å². The highest BCUT2D eigenvalue weighted by atomic mass is 32.2. The quantitative estimate of drug-likeness (QED) is 0.779. The largest absolute Gasteiger partial charge is 0.497 e. The molecule has 0 aliphatic carbocycles. The summed E-state index contributed by atoms with van der Waals surface area (Å²) in [4.78, 5) is 0. The Bertz CT molecular complexity index is 499. The first kappa shape index (κ1) is 11.1. The van der Waals surface area contributed by atoms with Gasteiger partial charge in [0.2, 0.25) is 10.0 Å². The van der Waals surface area contributed by atoms with E-state index in [0.717, 1.165) is 0 Å². The van der Waals surface area contributed by atoms with Gasteiger partial charge < -0.3 is 10.5 Å². The van der Waals surface area contributed by atoms with Crippen molar-refractivity contribution in [3.8, 4) is 5.75 Å². The molecule has 0 amide bonds. The van der Waals surface area contributed by atoms with Gasteiger partial charge in [0.1, 0.15) is 5.75 Å². The van der Waals surface area contributed by atoms with E-state index in [0.29, 0.717) is 30.1 Å². The zero-order valence-electron chi connectivity index (χ0n) is 9.01. The highest BCUT2D eigenvalue weighted by Crippen LogP contribution is 2.32. The van der Waals surface area contributed by atoms with Crippen molar-refractivity contribution in [2.45, 2.75) is 6.42 Å². The first-order valence-electron chi connectivity index (χ1n) is 4.98. The van der Waals surface area contributed by atoms with Gasteiger partial charge in [0, 0.05) is 12.6 Å². The third kappa shape index (κ3) is 1.80. The summed E-state index contributed by atoms with van der Waals surface area (Å²) < 4.78 is 29.9. The second-order valence-corrected chi connectivity index (χ2v) is 5.68. The Labute approximate surface area is 94.9 Å². The van der Waals surface area contributed by atoms with Crippen molar-refractivity contribution >= 4 is 21.4 Å². The normalized spacial score (nSPS) is 18.7. The lowest BCUT2D eigenvalue weighted by Gasteiger charge is -2.19. The molecule has 1 aliphatic rings. The molecule has 0 aromatic heterocycles. The van der Waals surface area contributed by atoms with Crippen LogP contribution in [0.15, 0.2) is 18.2 Å². The molecule has 6 heteroatoms. The Morgan fingerprint density at radius 2 is 2.19 bits per heavy atom. The van der Waals surface area contributed by atoms with Gasteiger partial charge in [-0.15, -0.1) is 0 Å². The number of nitrogens with zero attached hydrogens (tertiary/aromatic N) is 1. The summed E-state index contributed by atoms with van der Waals surface area (Å²) in [6.45, 7) is 0.486. The summed E-state index contributed by atoms with van der Waals surface area (Å²) in [6.07, 6.45) is 0.638. The zero-order valence-corrected chi connectivity index (χ0v) is 9.83. The van der Waals surface area contributed by atoms with E-state index < -0.39 is 10.0 Å². The summed E-state index contributed by atoms with van der Waals surface area (Å²) in [5, 5.41) is 0. The average molecular weight is 242 g/mol. The number of hydrogen-bond donors (Lipinski definition) is 1. The highest BCUT2D eigenvalue weighted by molar-refractivity contribution is 7.93. The lowest BCUT2D eigenvalue weighted by molar-refractivity contribution is 0.415. The molecule has 2 rings (SSSR count). The average Bonchev–Trinajstić information content (AvgIpc) is 2.59. The van der Waals surface area contributed by atoms with Gasteiger partial charge in [0.05, 0.1) is 24.2 Å². The molecule has 5 nitrogen and oxygen atoms in total. The van der Waals surface area contributed by atoms with Crippen molar-refractivity contribution in [2.24, 2.45) is 0 Å². The Morgan fingerprint density at radius 3 is 2.75 bits per heavy atom. The van der Waals surface area contributed by atoms with Crippen LogP contribution in [0.1, 0.15) is 6.42 Å². The number of anilines is 2. The minimum absolute atomic E-state index is 0.184. The Balaban J connectivity index is 2.47. The maximum Gasteiger partial charge on any atom is 0.235 e. The van der Waals surface area contributed by atoms with Crippen LogP contribution in [0.25, 0.3) is 0 Å². The first-order chi connectivity index (χ1) is 7.54. The standard InChI is InChI=1S/C10H14N2O3S/c1-15-8-3-4-9(11)10(7-8)12-5-2-6-16(12,13)14/h3-4,7H,2,5-6,11H2,1H3. The second-order valence-electron chi connectivity index (χ2n) is 3.67. The van der Waals surface area contributed by atoms with Gasteiger partial charge in [-0.2, -0.15) is 0 Å². The number of nitrogens with two attached hydrogens (primary N) is 1. The summed E-state index contributed by atoms with van der Waals surface area (Å²) in [5.74, 6) is 0.787. The maximum absolute atomic E-state index is 11.7. The number of ether oxygens (including phenoxy) is 1. The molecule has 16 heavy (non-hydrogen) atoms. The fourth-order valence-electron chi connectivity index (χ4n) is 1.78. The topological polar surface area (TPSA) is 72.6 Å². The van der Waals surface area contributed by atoms with E-state index >= 15 is 0 Å². The molecule has 1 fully saturated rings. The number of methoxy groups -OCH3 is 1. The van der Waals surface area contributed by atoms with Crippen LogP contribution < -0.4 is 14.8 Å². The summed E-state index contributed by atoms with van der Waals surface area (Å²) in [6, 6.07) is 5.02. The van der Waals surface area contributed by atoms with Gasteiger partial charge in [-0.05, 0) is 18.6 Å². The number of benzene rings is 1. The van der Waals surface area contributed by atoms with Crippen molar-refractivity contribution in [2.75, 3.05) is 29.4 Å². The number of hydrogen-bond acceptors (Lipinski definition) is 4.